The molecule has 0 spiro atoms. The zero-order valence-electron chi connectivity index (χ0n) is 15.1. The molecule has 2 atom stereocenters. The topological polar surface area (TPSA) is 127 Å². The first-order chi connectivity index (χ1) is 13.2. The molecule has 8 heteroatoms. The van der Waals surface area contributed by atoms with Crippen molar-refractivity contribution in [2.24, 2.45) is 0 Å². The quantitative estimate of drug-likeness (QED) is 0.694. The molecule has 0 aliphatic rings. The molecular weight excluding hydrogens is 368 g/mol. The van der Waals surface area contributed by atoms with E-state index in [-0.39, 0.29) is 11.1 Å². The van der Waals surface area contributed by atoms with Crippen LogP contribution in [0.25, 0.3) is 0 Å². The first-order valence-corrected chi connectivity index (χ1v) is 8.21. The fourth-order valence-corrected chi connectivity index (χ4v) is 2.44. The number of carbonyl (C=O) groups excluding carboxylic acids is 2. The largest absolute Gasteiger partial charge is 0.478 e. The van der Waals surface area contributed by atoms with Crippen LogP contribution in [0.5, 0.6) is 0 Å². The molecule has 0 amide bonds. The van der Waals surface area contributed by atoms with E-state index in [1.165, 1.54) is 12.1 Å². The Kier molecular flexibility index (Phi) is 6.49. The first-order valence-electron chi connectivity index (χ1n) is 8.21. The highest BCUT2D eigenvalue weighted by Crippen LogP contribution is 2.16. The van der Waals surface area contributed by atoms with Crippen molar-refractivity contribution in [2.45, 2.75) is 26.1 Å². The maximum Gasteiger partial charge on any atom is 0.349 e. The molecule has 0 aliphatic carbocycles. The smallest absolute Gasteiger partial charge is 0.349 e. The maximum atomic E-state index is 12.3. The predicted octanol–water partition coefficient (Wildman–Crippen LogP) is 2.22. The molecule has 2 aromatic rings. The lowest BCUT2D eigenvalue weighted by molar-refractivity contribution is -0.166. The van der Waals surface area contributed by atoms with Gasteiger partial charge < -0.3 is 19.7 Å². The highest BCUT2D eigenvalue weighted by Gasteiger charge is 2.41. The van der Waals surface area contributed by atoms with Crippen molar-refractivity contribution in [3.05, 3.63) is 70.8 Å². The summed E-state index contributed by atoms with van der Waals surface area (Å²) in [6, 6.07) is 12.5. The minimum absolute atomic E-state index is 0.0723. The van der Waals surface area contributed by atoms with Crippen LogP contribution in [0.4, 0.5) is 0 Å². The number of carbonyl (C=O) groups is 4. The Balaban J connectivity index is 2.27. The van der Waals surface area contributed by atoms with Gasteiger partial charge in [0.1, 0.15) is 0 Å². The average Bonchev–Trinajstić information content (AvgIpc) is 2.64. The molecule has 2 rings (SSSR count). The van der Waals surface area contributed by atoms with E-state index in [1.54, 1.807) is 50.2 Å². The van der Waals surface area contributed by atoms with E-state index in [2.05, 4.69) is 0 Å². The lowest BCUT2D eigenvalue weighted by atomic mass is 10.1. The van der Waals surface area contributed by atoms with Gasteiger partial charge in [-0.15, -0.1) is 0 Å². The van der Waals surface area contributed by atoms with Crippen LogP contribution in [0.2, 0.25) is 0 Å². The molecule has 146 valence electrons. The number of hydrogen-bond acceptors (Lipinski definition) is 6. The van der Waals surface area contributed by atoms with Crippen molar-refractivity contribution in [1.82, 2.24) is 0 Å². The Hall–Kier alpha value is -3.68. The van der Waals surface area contributed by atoms with Crippen molar-refractivity contribution in [3.8, 4) is 0 Å². The number of carboxylic acids is 2. The molecule has 0 aliphatic heterocycles. The number of rotatable bonds is 7. The second-order valence-corrected chi connectivity index (χ2v) is 5.96. The molecule has 8 nitrogen and oxygen atoms in total. The molecule has 0 fully saturated rings. The third-order valence-electron chi connectivity index (χ3n) is 3.96. The molecule has 0 saturated heterocycles. The van der Waals surface area contributed by atoms with Gasteiger partial charge in [0.2, 0.25) is 12.2 Å². The van der Waals surface area contributed by atoms with Gasteiger partial charge in [-0.3, -0.25) is 0 Å². The van der Waals surface area contributed by atoms with Crippen LogP contribution in [-0.2, 0) is 19.1 Å². The van der Waals surface area contributed by atoms with Crippen LogP contribution in [-0.4, -0.2) is 46.3 Å². The van der Waals surface area contributed by atoms with Gasteiger partial charge in [0.05, 0.1) is 11.1 Å². The van der Waals surface area contributed by atoms with Gasteiger partial charge in [-0.05, 0) is 37.1 Å². The van der Waals surface area contributed by atoms with E-state index < -0.39 is 36.1 Å². The summed E-state index contributed by atoms with van der Waals surface area (Å²) >= 11 is 0. The zero-order chi connectivity index (χ0) is 20.8. The number of esters is 2. The fourth-order valence-electron chi connectivity index (χ4n) is 2.44. The lowest BCUT2D eigenvalue weighted by Crippen LogP contribution is -2.46. The van der Waals surface area contributed by atoms with E-state index in [0.717, 1.165) is 0 Å². The van der Waals surface area contributed by atoms with Crippen molar-refractivity contribution < 1.29 is 38.9 Å². The van der Waals surface area contributed by atoms with Crippen LogP contribution in [0.15, 0.2) is 48.5 Å². The Bertz CT molecular complexity index is 842. The number of aryl methyl sites for hydroxylation is 2. The number of carboxylic acid groups (broad SMARTS) is 2. The standard InChI is InChI=1S/C20H18O8/c1-11-7-3-5-9-13(11)19(25)27-15(17(21)22)16(18(23)24)28-20(26)14-10-6-4-8-12(14)2/h3-10,15-16H,1-2H3,(H,21,22)(H,23,24)/t15-,16-/m1/s1. The van der Waals surface area contributed by atoms with Gasteiger partial charge in [0.15, 0.2) is 0 Å². The highest BCUT2D eigenvalue weighted by atomic mass is 16.6. The SMILES string of the molecule is Cc1ccccc1C(=O)O[C@@H](C(=O)O)[C@@H](OC(=O)c1ccccc1C)C(=O)O. The lowest BCUT2D eigenvalue weighted by Gasteiger charge is -2.21. The molecule has 0 radical (unpaired) electrons. The summed E-state index contributed by atoms with van der Waals surface area (Å²) in [5.74, 6) is -5.59. The van der Waals surface area contributed by atoms with E-state index in [0.29, 0.717) is 11.1 Å². The molecule has 0 bridgehead atoms. The third kappa shape index (κ3) is 4.73. The molecule has 0 saturated carbocycles. The maximum absolute atomic E-state index is 12.3. The summed E-state index contributed by atoms with van der Waals surface area (Å²) in [7, 11) is 0. The fraction of sp³-hybridized carbons (Fsp3) is 0.200. The van der Waals surface area contributed by atoms with Crippen molar-refractivity contribution in [1.29, 1.82) is 0 Å². The molecule has 2 N–H and O–H groups in total. The summed E-state index contributed by atoms with van der Waals surface area (Å²) in [5.41, 5.74) is 1.17. The van der Waals surface area contributed by atoms with Crippen LogP contribution < -0.4 is 0 Å². The monoisotopic (exact) mass is 386 g/mol. The van der Waals surface area contributed by atoms with E-state index in [1.807, 2.05) is 0 Å². The number of hydrogen-bond donors (Lipinski definition) is 2. The Morgan fingerprint density at radius 1 is 0.679 bits per heavy atom. The first kappa shape index (κ1) is 20.6. The number of ether oxygens (including phenoxy) is 2. The summed E-state index contributed by atoms with van der Waals surface area (Å²) in [5, 5.41) is 18.7. The summed E-state index contributed by atoms with van der Waals surface area (Å²) in [4.78, 5) is 47.7. The van der Waals surface area contributed by atoms with Crippen molar-refractivity contribution in [2.75, 3.05) is 0 Å². The minimum atomic E-state index is -2.22. The van der Waals surface area contributed by atoms with Crippen molar-refractivity contribution in [3.63, 3.8) is 0 Å². The van der Waals surface area contributed by atoms with Gasteiger partial charge in [0, 0.05) is 0 Å². The Morgan fingerprint density at radius 2 is 1.00 bits per heavy atom. The molecular formula is C20H18O8. The Morgan fingerprint density at radius 3 is 1.29 bits per heavy atom. The highest BCUT2D eigenvalue weighted by molar-refractivity contribution is 5.96. The molecule has 0 heterocycles. The molecule has 0 aromatic heterocycles. The number of benzene rings is 2. The Labute approximate surface area is 160 Å². The zero-order valence-corrected chi connectivity index (χ0v) is 15.1. The average molecular weight is 386 g/mol. The van der Waals surface area contributed by atoms with Crippen molar-refractivity contribution >= 4 is 23.9 Å². The molecule has 0 unspecified atom stereocenters. The third-order valence-corrected chi connectivity index (χ3v) is 3.96. The summed E-state index contributed by atoms with van der Waals surface area (Å²) in [6.45, 7) is 3.22. The van der Waals surface area contributed by atoms with E-state index in [9.17, 15) is 29.4 Å². The van der Waals surface area contributed by atoms with Gasteiger partial charge in [-0.2, -0.15) is 0 Å². The predicted molar refractivity (Wildman–Crippen MR) is 96.0 cm³/mol. The van der Waals surface area contributed by atoms with E-state index in [4.69, 9.17) is 9.47 Å². The van der Waals surface area contributed by atoms with E-state index >= 15 is 0 Å². The van der Waals surface area contributed by atoms with Gasteiger partial charge >= 0.3 is 23.9 Å². The second-order valence-electron chi connectivity index (χ2n) is 5.96. The summed E-state index contributed by atoms with van der Waals surface area (Å²) < 4.78 is 9.75. The second kappa shape index (κ2) is 8.81. The van der Waals surface area contributed by atoms with Gasteiger partial charge in [-0.25, -0.2) is 19.2 Å². The molecule has 2 aromatic carbocycles. The van der Waals surface area contributed by atoms with Gasteiger partial charge in [-0.1, -0.05) is 36.4 Å². The van der Waals surface area contributed by atoms with Crippen LogP contribution in [0, 0.1) is 13.8 Å². The number of aliphatic carboxylic acids is 2. The normalized spacial score (nSPS) is 12.5. The van der Waals surface area contributed by atoms with Crippen LogP contribution >= 0.6 is 0 Å². The van der Waals surface area contributed by atoms with Crippen LogP contribution in [0.3, 0.4) is 0 Å². The van der Waals surface area contributed by atoms with Gasteiger partial charge in [0.25, 0.3) is 0 Å². The van der Waals surface area contributed by atoms with Crippen LogP contribution in [0.1, 0.15) is 31.8 Å². The summed E-state index contributed by atoms with van der Waals surface area (Å²) in [6.07, 6.45) is -4.45. The molecule has 28 heavy (non-hydrogen) atoms. The minimum Gasteiger partial charge on any atom is -0.478 e.